The number of fused-ring (bicyclic) bond motifs is 2. The first kappa shape index (κ1) is 25.5. The van der Waals surface area contributed by atoms with Crippen molar-refractivity contribution in [3.63, 3.8) is 0 Å². The van der Waals surface area contributed by atoms with Crippen LogP contribution in [0, 0.1) is 45.3 Å². The molecular formula is C30H46O4. The third-order valence-electron chi connectivity index (χ3n) is 12.0. The molecule has 4 aliphatic carbocycles. The molecule has 4 fully saturated rings. The highest BCUT2D eigenvalue weighted by atomic mass is 16.4. The van der Waals surface area contributed by atoms with Crippen LogP contribution in [-0.2, 0) is 9.59 Å². The van der Waals surface area contributed by atoms with E-state index in [0.29, 0.717) is 45.5 Å². The maximum Gasteiger partial charge on any atom is 0.330 e. The summed E-state index contributed by atoms with van der Waals surface area (Å²) >= 11 is 0. The molecule has 0 heterocycles. The normalized spacial score (nSPS) is 43.9. The third kappa shape index (κ3) is 3.53. The van der Waals surface area contributed by atoms with Gasteiger partial charge in [0.05, 0.1) is 0 Å². The number of aliphatic carboxylic acids is 2. The van der Waals surface area contributed by atoms with Crippen molar-refractivity contribution in [3.8, 4) is 0 Å². The van der Waals surface area contributed by atoms with E-state index in [2.05, 4.69) is 34.3 Å². The summed E-state index contributed by atoms with van der Waals surface area (Å²) in [5.74, 6) is 0.964. The number of carboxylic acid groups (broad SMARTS) is 2. The molecule has 1 spiro atoms. The SMILES string of the molecule is C=C(C)[C@@H]1CC[C@@H]2[C@]3(CC[C@]4(C)[C@@H]([C@H](C)CC/C=C(\C)C(=O)O)CC[C@@]24C)C[C@]13CCC(=O)O. The molecule has 4 saturated carbocycles. The van der Waals surface area contributed by atoms with E-state index in [1.54, 1.807) is 6.92 Å². The van der Waals surface area contributed by atoms with Crippen molar-refractivity contribution in [2.45, 2.75) is 105 Å². The zero-order chi connectivity index (χ0) is 25.1. The van der Waals surface area contributed by atoms with Gasteiger partial charge in [0.15, 0.2) is 0 Å². The Hall–Kier alpha value is -1.58. The van der Waals surface area contributed by atoms with Crippen molar-refractivity contribution >= 4 is 11.9 Å². The number of carboxylic acids is 2. The summed E-state index contributed by atoms with van der Waals surface area (Å²) in [5.41, 5.74) is 2.81. The second-order valence-electron chi connectivity index (χ2n) is 13.1. The van der Waals surface area contributed by atoms with Gasteiger partial charge in [-0.3, -0.25) is 4.79 Å². The highest BCUT2D eigenvalue weighted by Gasteiger charge is 2.80. The van der Waals surface area contributed by atoms with E-state index in [4.69, 9.17) is 5.11 Å². The molecule has 0 aromatic carbocycles. The molecule has 0 radical (unpaired) electrons. The summed E-state index contributed by atoms with van der Waals surface area (Å²) in [6, 6.07) is 0. The van der Waals surface area contributed by atoms with Crippen LogP contribution in [0.3, 0.4) is 0 Å². The van der Waals surface area contributed by atoms with E-state index >= 15 is 0 Å². The Labute approximate surface area is 206 Å². The second-order valence-corrected chi connectivity index (χ2v) is 13.1. The van der Waals surface area contributed by atoms with Crippen LogP contribution in [0.2, 0.25) is 0 Å². The molecule has 2 N–H and O–H groups in total. The fourth-order valence-corrected chi connectivity index (χ4v) is 10.1. The molecule has 0 bridgehead atoms. The molecule has 4 nitrogen and oxygen atoms in total. The summed E-state index contributed by atoms with van der Waals surface area (Å²) < 4.78 is 0. The van der Waals surface area contributed by atoms with Crippen LogP contribution in [0.4, 0.5) is 0 Å². The average Bonchev–Trinajstić information content (AvgIpc) is 3.35. The van der Waals surface area contributed by atoms with Gasteiger partial charge >= 0.3 is 11.9 Å². The molecule has 0 amide bonds. The van der Waals surface area contributed by atoms with Gasteiger partial charge in [-0.15, -0.1) is 0 Å². The Balaban J connectivity index is 1.56. The molecular weight excluding hydrogens is 424 g/mol. The Morgan fingerprint density at radius 2 is 1.76 bits per heavy atom. The number of carbonyl (C=O) groups is 2. The molecule has 8 atom stereocenters. The lowest BCUT2D eigenvalue weighted by atomic mass is 9.43. The van der Waals surface area contributed by atoms with E-state index in [0.717, 1.165) is 19.3 Å². The summed E-state index contributed by atoms with van der Waals surface area (Å²) in [6.45, 7) is 15.8. The summed E-state index contributed by atoms with van der Waals surface area (Å²) in [4.78, 5) is 22.7. The Morgan fingerprint density at radius 3 is 2.38 bits per heavy atom. The van der Waals surface area contributed by atoms with Crippen molar-refractivity contribution in [3.05, 3.63) is 23.8 Å². The molecule has 34 heavy (non-hydrogen) atoms. The monoisotopic (exact) mass is 470 g/mol. The van der Waals surface area contributed by atoms with Gasteiger partial charge in [-0.2, -0.15) is 0 Å². The molecule has 0 aromatic rings. The largest absolute Gasteiger partial charge is 0.481 e. The number of rotatable bonds is 9. The van der Waals surface area contributed by atoms with Crippen LogP contribution in [0.5, 0.6) is 0 Å². The van der Waals surface area contributed by atoms with Crippen molar-refractivity contribution in [1.82, 2.24) is 0 Å². The molecule has 4 aliphatic rings. The highest BCUT2D eigenvalue weighted by Crippen LogP contribution is 2.87. The minimum atomic E-state index is -0.813. The lowest BCUT2D eigenvalue weighted by molar-refractivity contribution is -0.139. The highest BCUT2D eigenvalue weighted by molar-refractivity contribution is 5.85. The van der Waals surface area contributed by atoms with Gasteiger partial charge in [0.2, 0.25) is 0 Å². The van der Waals surface area contributed by atoms with Gasteiger partial charge in [0.25, 0.3) is 0 Å². The predicted octanol–water partition coefficient (Wildman–Crippen LogP) is 7.49. The third-order valence-corrected chi connectivity index (χ3v) is 12.0. The van der Waals surface area contributed by atoms with E-state index < -0.39 is 11.9 Å². The Kier molecular flexibility index (Phi) is 6.39. The zero-order valence-electron chi connectivity index (χ0n) is 22.1. The quantitative estimate of drug-likeness (QED) is 0.270. The van der Waals surface area contributed by atoms with Crippen LogP contribution in [-0.4, -0.2) is 22.2 Å². The van der Waals surface area contributed by atoms with Gasteiger partial charge in [0.1, 0.15) is 0 Å². The van der Waals surface area contributed by atoms with E-state index in [9.17, 15) is 14.7 Å². The van der Waals surface area contributed by atoms with Crippen molar-refractivity contribution < 1.29 is 19.8 Å². The fraction of sp³-hybridized carbons (Fsp3) is 0.800. The predicted molar refractivity (Wildman–Crippen MR) is 135 cm³/mol. The van der Waals surface area contributed by atoms with Crippen molar-refractivity contribution in [1.29, 1.82) is 0 Å². The van der Waals surface area contributed by atoms with Crippen molar-refractivity contribution in [2.75, 3.05) is 0 Å². The first-order valence-corrected chi connectivity index (χ1v) is 13.6. The molecule has 0 unspecified atom stereocenters. The molecule has 0 aromatic heterocycles. The maximum absolute atomic E-state index is 11.6. The van der Waals surface area contributed by atoms with Gasteiger partial charge in [0, 0.05) is 12.0 Å². The smallest absolute Gasteiger partial charge is 0.330 e. The summed E-state index contributed by atoms with van der Waals surface area (Å²) in [5, 5.41) is 18.7. The first-order valence-electron chi connectivity index (χ1n) is 13.6. The molecule has 190 valence electrons. The second kappa shape index (κ2) is 8.52. The average molecular weight is 471 g/mol. The zero-order valence-corrected chi connectivity index (χ0v) is 22.1. The van der Waals surface area contributed by atoms with E-state index in [1.165, 1.54) is 50.5 Å². The van der Waals surface area contributed by atoms with Gasteiger partial charge in [-0.05, 0) is 123 Å². The molecule has 0 saturated heterocycles. The number of hydrogen-bond acceptors (Lipinski definition) is 2. The topological polar surface area (TPSA) is 74.6 Å². The van der Waals surface area contributed by atoms with Crippen LogP contribution >= 0.6 is 0 Å². The van der Waals surface area contributed by atoms with Crippen molar-refractivity contribution in [2.24, 2.45) is 45.3 Å². The Bertz CT molecular complexity index is 903. The number of hydrogen-bond donors (Lipinski definition) is 2. The lowest BCUT2D eigenvalue weighted by Crippen LogP contribution is -2.54. The fourth-order valence-electron chi connectivity index (χ4n) is 10.1. The van der Waals surface area contributed by atoms with Gasteiger partial charge in [-0.1, -0.05) is 39.0 Å². The van der Waals surface area contributed by atoms with Crippen LogP contribution < -0.4 is 0 Å². The lowest BCUT2D eigenvalue weighted by Gasteiger charge is -2.61. The standard InChI is InChI=1S/C30H46O4/c1-19(2)22-10-11-24-28(6)14-12-23(20(3)8-7-9-21(4)26(33)34)27(28,5)16-17-30(24)18-29(22,30)15-13-25(31)32/h9,20,22-24H,1,7-8,10-18H2,2-6H3,(H,31,32)(H,33,34)/b21-9+/t20-,22+,23-,24+,27-,28+,29-,30+/m1/s1. The summed E-state index contributed by atoms with van der Waals surface area (Å²) in [6.07, 6.45) is 13.6. The van der Waals surface area contributed by atoms with Crippen LogP contribution in [0.1, 0.15) is 105 Å². The Morgan fingerprint density at radius 1 is 1.06 bits per heavy atom. The van der Waals surface area contributed by atoms with E-state index in [1.807, 2.05) is 6.08 Å². The molecule has 0 aliphatic heterocycles. The molecule has 4 rings (SSSR count). The minimum absolute atomic E-state index is 0.160. The van der Waals surface area contributed by atoms with Gasteiger partial charge in [-0.25, -0.2) is 4.79 Å². The van der Waals surface area contributed by atoms with Crippen LogP contribution in [0.25, 0.3) is 0 Å². The van der Waals surface area contributed by atoms with Gasteiger partial charge < -0.3 is 10.2 Å². The summed E-state index contributed by atoms with van der Waals surface area (Å²) in [7, 11) is 0. The minimum Gasteiger partial charge on any atom is -0.481 e. The maximum atomic E-state index is 11.6. The number of allylic oxidation sites excluding steroid dienone is 2. The van der Waals surface area contributed by atoms with E-state index in [-0.39, 0.29) is 11.8 Å². The first-order chi connectivity index (χ1) is 15.8. The molecule has 4 heteroatoms. The van der Waals surface area contributed by atoms with Crippen LogP contribution in [0.15, 0.2) is 23.8 Å².